The Balaban J connectivity index is 1.62. The summed E-state index contributed by atoms with van der Waals surface area (Å²) in [6.45, 7) is -0.187. The molecule has 0 saturated heterocycles. The lowest BCUT2D eigenvalue weighted by molar-refractivity contribution is 0.321. The average Bonchev–Trinajstić information content (AvgIpc) is 2.78. The van der Waals surface area contributed by atoms with Crippen molar-refractivity contribution in [2.24, 2.45) is 4.99 Å². The van der Waals surface area contributed by atoms with Gasteiger partial charge in [-0.1, -0.05) is 41.4 Å². The van der Waals surface area contributed by atoms with Gasteiger partial charge in [-0.25, -0.2) is 10.0 Å². The van der Waals surface area contributed by atoms with E-state index in [-0.39, 0.29) is 28.0 Å². The minimum absolute atomic E-state index is 0.187. The van der Waals surface area contributed by atoms with E-state index in [0.29, 0.717) is 22.8 Å². The SMILES string of the molecule is O=c1ccc(Oc2c(Cl)cc(N3C=NC=C(CO)N3)cc2Cl)cn1-c1ccccc1. The summed E-state index contributed by atoms with van der Waals surface area (Å²) in [5.41, 5.74) is 4.62. The van der Waals surface area contributed by atoms with Crippen molar-refractivity contribution in [1.29, 1.82) is 0 Å². The summed E-state index contributed by atoms with van der Waals surface area (Å²) in [5, 5.41) is 11.4. The van der Waals surface area contributed by atoms with Crippen LogP contribution < -0.4 is 20.7 Å². The highest BCUT2D eigenvalue weighted by molar-refractivity contribution is 6.37. The Labute approximate surface area is 182 Å². The molecule has 0 atom stereocenters. The van der Waals surface area contributed by atoms with E-state index in [1.807, 2.05) is 30.3 Å². The molecule has 2 aromatic carbocycles. The quantitative estimate of drug-likeness (QED) is 0.620. The standard InChI is InChI=1S/C21H16Cl2N4O3/c22-18-8-16(27-13-24-10-14(12-28)25-27)9-19(23)21(18)30-17-6-7-20(29)26(11-17)15-4-2-1-3-5-15/h1-11,13,25,28H,12H2. The number of aromatic nitrogens is 1. The number of aliphatic hydroxyl groups is 1. The van der Waals surface area contributed by atoms with Crippen LogP contribution >= 0.6 is 23.2 Å². The predicted octanol–water partition coefficient (Wildman–Crippen LogP) is 4.12. The molecule has 7 nitrogen and oxygen atoms in total. The zero-order chi connectivity index (χ0) is 21.1. The summed E-state index contributed by atoms with van der Waals surface area (Å²) in [4.78, 5) is 16.3. The molecule has 1 aliphatic heterocycles. The van der Waals surface area contributed by atoms with E-state index >= 15 is 0 Å². The fraction of sp³-hybridized carbons (Fsp3) is 0.0476. The van der Waals surface area contributed by atoms with Gasteiger partial charge in [0.25, 0.3) is 5.56 Å². The van der Waals surface area contributed by atoms with E-state index < -0.39 is 0 Å². The van der Waals surface area contributed by atoms with Crippen LogP contribution in [-0.2, 0) is 0 Å². The number of ether oxygens (including phenoxy) is 1. The van der Waals surface area contributed by atoms with Crippen molar-refractivity contribution in [1.82, 2.24) is 9.99 Å². The molecule has 9 heteroatoms. The van der Waals surface area contributed by atoms with Gasteiger partial charge in [0.2, 0.25) is 0 Å². The van der Waals surface area contributed by atoms with Gasteiger partial charge in [-0.05, 0) is 30.3 Å². The van der Waals surface area contributed by atoms with Gasteiger partial charge >= 0.3 is 0 Å². The van der Waals surface area contributed by atoms with Crippen molar-refractivity contribution in [2.45, 2.75) is 0 Å². The monoisotopic (exact) mass is 442 g/mol. The Bertz CT molecular complexity index is 1170. The van der Waals surface area contributed by atoms with E-state index in [0.717, 1.165) is 0 Å². The first kappa shape index (κ1) is 20.0. The van der Waals surface area contributed by atoms with Crippen LogP contribution in [0.25, 0.3) is 5.69 Å². The number of benzene rings is 2. The molecule has 0 spiro atoms. The van der Waals surface area contributed by atoms with Crippen LogP contribution in [0.4, 0.5) is 5.69 Å². The zero-order valence-corrected chi connectivity index (χ0v) is 17.0. The number of pyridine rings is 1. The van der Waals surface area contributed by atoms with Crippen molar-refractivity contribution < 1.29 is 9.84 Å². The average molecular weight is 443 g/mol. The highest BCUT2D eigenvalue weighted by Crippen LogP contribution is 2.39. The van der Waals surface area contributed by atoms with Crippen molar-refractivity contribution >= 4 is 35.2 Å². The smallest absolute Gasteiger partial charge is 0.255 e. The molecule has 2 N–H and O–H groups in total. The first-order chi connectivity index (χ1) is 14.5. The van der Waals surface area contributed by atoms with Gasteiger partial charge in [0.05, 0.1) is 40.4 Å². The molecule has 0 fully saturated rings. The van der Waals surface area contributed by atoms with Crippen LogP contribution in [0.2, 0.25) is 10.0 Å². The van der Waals surface area contributed by atoms with E-state index in [1.54, 1.807) is 29.4 Å². The number of nitrogens with one attached hydrogen (secondary N) is 1. The molecular weight excluding hydrogens is 427 g/mol. The van der Waals surface area contributed by atoms with Crippen LogP contribution in [0.3, 0.4) is 0 Å². The molecule has 0 amide bonds. The Kier molecular flexibility index (Phi) is 5.76. The number of para-hydroxylation sites is 1. The third-order valence-corrected chi connectivity index (χ3v) is 4.81. The van der Waals surface area contributed by atoms with Crippen LogP contribution in [0, 0.1) is 0 Å². The van der Waals surface area contributed by atoms with Crippen molar-refractivity contribution in [3.63, 3.8) is 0 Å². The van der Waals surface area contributed by atoms with Crippen LogP contribution in [0.1, 0.15) is 0 Å². The Morgan fingerprint density at radius 3 is 2.47 bits per heavy atom. The topological polar surface area (TPSA) is 79.1 Å². The predicted molar refractivity (Wildman–Crippen MR) is 118 cm³/mol. The number of aliphatic hydroxyl groups excluding tert-OH is 1. The van der Waals surface area contributed by atoms with Gasteiger partial charge < -0.3 is 9.84 Å². The normalized spacial score (nSPS) is 13.0. The molecule has 0 radical (unpaired) electrons. The second kappa shape index (κ2) is 8.62. The number of aliphatic imine (C=N–C) groups is 1. The van der Waals surface area contributed by atoms with Crippen LogP contribution in [0.15, 0.2) is 82.5 Å². The third kappa shape index (κ3) is 4.18. The van der Waals surface area contributed by atoms with Crippen molar-refractivity contribution in [3.05, 3.63) is 93.1 Å². The van der Waals surface area contributed by atoms with E-state index in [1.165, 1.54) is 23.2 Å². The summed E-state index contributed by atoms with van der Waals surface area (Å²) in [5.74, 6) is 0.658. The number of rotatable bonds is 5. The molecule has 2 heterocycles. The maximum Gasteiger partial charge on any atom is 0.255 e. The highest BCUT2D eigenvalue weighted by Gasteiger charge is 2.16. The van der Waals surface area contributed by atoms with E-state index in [2.05, 4.69) is 10.4 Å². The molecule has 0 aliphatic carbocycles. The molecule has 1 aliphatic rings. The van der Waals surface area contributed by atoms with Crippen LogP contribution in [-0.4, -0.2) is 22.6 Å². The first-order valence-corrected chi connectivity index (χ1v) is 9.65. The number of hydrogen-bond donors (Lipinski definition) is 2. The second-order valence-electron chi connectivity index (χ2n) is 6.31. The van der Waals surface area contributed by atoms with E-state index in [9.17, 15) is 9.90 Å². The molecule has 0 bridgehead atoms. The summed E-state index contributed by atoms with van der Waals surface area (Å²) in [6.07, 6.45) is 4.62. The van der Waals surface area contributed by atoms with Gasteiger partial charge in [-0.3, -0.25) is 14.8 Å². The number of nitrogens with zero attached hydrogens (tertiary/aromatic N) is 3. The van der Waals surface area contributed by atoms with Gasteiger partial charge in [-0.15, -0.1) is 0 Å². The first-order valence-electron chi connectivity index (χ1n) is 8.89. The molecule has 152 valence electrons. The second-order valence-corrected chi connectivity index (χ2v) is 7.12. The fourth-order valence-electron chi connectivity index (χ4n) is 2.83. The fourth-order valence-corrected chi connectivity index (χ4v) is 3.38. The Hall–Kier alpha value is -3.26. The number of hydrogen-bond acceptors (Lipinski definition) is 6. The van der Waals surface area contributed by atoms with Crippen molar-refractivity contribution in [2.75, 3.05) is 11.6 Å². The highest BCUT2D eigenvalue weighted by atomic mass is 35.5. The molecule has 4 rings (SSSR count). The molecule has 30 heavy (non-hydrogen) atoms. The largest absolute Gasteiger partial charge is 0.453 e. The number of hydrazine groups is 1. The zero-order valence-electron chi connectivity index (χ0n) is 15.5. The Morgan fingerprint density at radius 1 is 1.03 bits per heavy atom. The summed E-state index contributed by atoms with van der Waals surface area (Å²) in [6, 6.07) is 15.5. The van der Waals surface area contributed by atoms with E-state index in [4.69, 9.17) is 27.9 Å². The number of anilines is 1. The van der Waals surface area contributed by atoms with Crippen LogP contribution in [0.5, 0.6) is 11.5 Å². The molecule has 1 aromatic heterocycles. The Morgan fingerprint density at radius 2 is 1.77 bits per heavy atom. The lowest BCUT2D eigenvalue weighted by atomic mass is 10.3. The minimum Gasteiger partial charge on any atom is -0.453 e. The molecule has 3 aromatic rings. The molecular formula is C21H16Cl2N4O3. The maximum atomic E-state index is 12.2. The lowest BCUT2D eigenvalue weighted by Gasteiger charge is -2.25. The van der Waals surface area contributed by atoms with Gasteiger partial charge in [0, 0.05) is 11.8 Å². The summed E-state index contributed by atoms with van der Waals surface area (Å²) < 4.78 is 7.37. The lowest BCUT2D eigenvalue weighted by Crippen LogP contribution is -2.39. The van der Waals surface area contributed by atoms with Gasteiger partial charge in [-0.2, -0.15) is 0 Å². The third-order valence-electron chi connectivity index (χ3n) is 4.25. The van der Waals surface area contributed by atoms with Gasteiger partial charge in [0.15, 0.2) is 5.75 Å². The van der Waals surface area contributed by atoms with Gasteiger partial charge in [0.1, 0.15) is 12.1 Å². The number of halogens is 2. The molecule has 0 saturated carbocycles. The summed E-state index contributed by atoms with van der Waals surface area (Å²) in [7, 11) is 0. The molecule has 0 unspecified atom stereocenters. The summed E-state index contributed by atoms with van der Waals surface area (Å²) >= 11 is 12.8. The van der Waals surface area contributed by atoms with Crippen molar-refractivity contribution in [3.8, 4) is 17.2 Å². The maximum absolute atomic E-state index is 12.2. The minimum atomic E-state index is -0.190.